The van der Waals surface area contributed by atoms with Gasteiger partial charge in [-0.1, -0.05) is 0 Å². The van der Waals surface area contributed by atoms with Crippen LogP contribution in [0.15, 0.2) is 18.3 Å². The van der Waals surface area contributed by atoms with Gasteiger partial charge >= 0.3 is 6.18 Å². The smallest absolute Gasteiger partial charge is 0.342 e. The second-order valence-electron chi connectivity index (χ2n) is 6.87. The molecule has 1 aliphatic heterocycles. The predicted molar refractivity (Wildman–Crippen MR) is 93.3 cm³/mol. The van der Waals surface area contributed by atoms with Gasteiger partial charge in [-0.3, -0.25) is 4.79 Å². The lowest BCUT2D eigenvalue weighted by Crippen LogP contribution is -2.31. The largest absolute Gasteiger partial charge is 0.417 e. The van der Waals surface area contributed by atoms with Gasteiger partial charge < -0.3 is 10.6 Å². The number of hydrogen-bond acceptors (Lipinski definition) is 4. The van der Waals surface area contributed by atoms with Crippen molar-refractivity contribution >= 4 is 5.91 Å². The third-order valence-electron chi connectivity index (χ3n) is 5.03. The maximum absolute atomic E-state index is 12.7. The summed E-state index contributed by atoms with van der Waals surface area (Å²) in [6.07, 6.45) is -2.53. The molecule has 1 atom stereocenters. The van der Waals surface area contributed by atoms with E-state index in [9.17, 15) is 18.0 Å². The Hall–Kier alpha value is -2.42. The molecule has 1 saturated heterocycles. The number of pyridine rings is 1. The number of alkyl halides is 3. The molecule has 2 aromatic rings. The Kier molecular flexibility index (Phi) is 5.23. The highest BCUT2D eigenvalue weighted by atomic mass is 19.4. The third-order valence-corrected chi connectivity index (χ3v) is 5.03. The molecule has 3 heterocycles. The Bertz CT molecular complexity index is 829. The molecule has 0 unspecified atom stereocenters. The first-order valence-corrected chi connectivity index (χ1v) is 8.77. The predicted octanol–water partition coefficient (Wildman–Crippen LogP) is 2.25. The number of carbonyl (C=O) groups is 1. The molecule has 0 aliphatic carbocycles. The maximum atomic E-state index is 12.7. The molecule has 0 spiro atoms. The number of likely N-dealkylation sites (tertiary alicyclic amines) is 1. The second-order valence-corrected chi connectivity index (χ2v) is 6.87. The van der Waals surface area contributed by atoms with E-state index in [1.807, 2.05) is 4.90 Å². The highest BCUT2D eigenvalue weighted by molar-refractivity contribution is 5.79. The highest BCUT2D eigenvalue weighted by Crippen LogP contribution is 2.29. The molecule has 9 heteroatoms. The molecule has 1 aliphatic rings. The number of carbonyl (C=O) groups excluding carboxylic acids is 1. The average molecular weight is 381 g/mol. The Balaban J connectivity index is 1.80. The molecule has 2 aromatic heterocycles. The van der Waals surface area contributed by atoms with Crippen LogP contribution in [-0.4, -0.2) is 45.2 Å². The van der Waals surface area contributed by atoms with Crippen molar-refractivity contribution in [3.8, 4) is 5.82 Å². The minimum atomic E-state index is -4.44. The van der Waals surface area contributed by atoms with Gasteiger partial charge in [-0.25, -0.2) is 9.67 Å². The number of nitrogens with zero attached hydrogens (tertiary/aromatic N) is 4. The molecule has 0 radical (unpaired) electrons. The zero-order valence-electron chi connectivity index (χ0n) is 15.3. The molecule has 2 N–H and O–H groups in total. The van der Waals surface area contributed by atoms with Crippen LogP contribution in [0.4, 0.5) is 13.2 Å². The van der Waals surface area contributed by atoms with E-state index in [2.05, 4.69) is 10.1 Å². The molecular weight excluding hydrogens is 359 g/mol. The van der Waals surface area contributed by atoms with Crippen LogP contribution in [0.25, 0.3) is 5.82 Å². The van der Waals surface area contributed by atoms with Crippen molar-refractivity contribution < 1.29 is 18.0 Å². The van der Waals surface area contributed by atoms with Crippen molar-refractivity contribution in [1.29, 1.82) is 0 Å². The van der Waals surface area contributed by atoms with Gasteiger partial charge in [0.05, 0.1) is 17.7 Å². The number of aromatic nitrogens is 3. The fourth-order valence-corrected chi connectivity index (χ4v) is 3.35. The lowest BCUT2D eigenvalue weighted by atomic mass is 10.1. The fourth-order valence-electron chi connectivity index (χ4n) is 3.35. The molecule has 1 amide bonds. The van der Waals surface area contributed by atoms with Crippen LogP contribution in [-0.2, 0) is 17.4 Å². The monoisotopic (exact) mass is 381 g/mol. The van der Waals surface area contributed by atoms with E-state index < -0.39 is 11.7 Å². The first-order chi connectivity index (χ1) is 12.7. The zero-order chi connectivity index (χ0) is 19.8. The molecule has 1 fully saturated rings. The zero-order valence-corrected chi connectivity index (χ0v) is 15.3. The fraction of sp³-hybridized carbons (Fsp3) is 0.500. The van der Waals surface area contributed by atoms with Crippen molar-refractivity contribution in [2.75, 3.05) is 19.6 Å². The van der Waals surface area contributed by atoms with E-state index >= 15 is 0 Å². The lowest BCUT2D eigenvalue weighted by Gasteiger charge is -2.16. The molecule has 3 rings (SSSR count). The van der Waals surface area contributed by atoms with Crippen LogP contribution in [0.1, 0.15) is 28.9 Å². The van der Waals surface area contributed by atoms with E-state index in [1.54, 1.807) is 13.8 Å². The molecule has 0 aromatic carbocycles. The van der Waals surface area contributed by atoms with Crippen LogP contribution in [0.5, 0.6) is 0 Å². The van der Waals surface area contributed by atoms with E-state index in [0.717, 1.165) is 24.2 Å². The minimum Gasteiger partial charge on any atom is -0.342 e. The van der Waals surface area contributed by atoms with E-state index in [0.29, 0.717) is 36.9 Å². The number of aryl methyl sites for hydroxylation is 1. The van der Waals surface area contributed by atoms with Gasteiger partial charge in [0.1, 0.15) is 0 Å². The summed E-state index contributed by atoms with van der Waals surface area (Å²) in [5, 5.41) is 4.37. The lowest BCUT2D eigenvalue weighted by molar-refractivity contribution is -0.137. The first kappa shape index (κ1) is 19.3. The maximum Gasteiger partial charge on any atom is 0.417 e. The number of hydrogen-bond donors (Lipinski definition) is 1. The van der Waals surface area contributed by atoms with E-state index in [4.69, 9.17) is 5.73 Å². The van der Waals surface area contributed by atoms with Crippen molar-refractivity contribution in [3.05, 3.63) is 40.8 Å². The SMILES string of the molecule is Cc1nn(-c2ccc(C(F)(F)F)cn2)c(C)c1CC(=O)N1CC[C@@H](CN)C1. The van der Waals surface area contributed by atoms with Gasteiger partial charge in [0.15, 0.2) is 5.82 Å². The number of nitrogens with two attached hydrogens (primary N) is 1. The van der Waals surface area contributed by atoms with Crippen LogP contribution in [0.3, 0.4) is 0 Å². The second kappa shape index (κ2) is 7.30. The summed E-state index contributed by atoms with van der Waals surface area (Å²) in [6.45, 7) is 5.51. The third kappa shape index (κ3) is 3.97. The minimum absolute atomic E-state index is 0.0112. The summed E-state index contributed by atoms with van der Waals surface area (Å²) in [5.41, 5.74) is 7.00. The standard InChI is InChI=1S/C18H22F3N5O/c1-11-15(7-17(27)25-6-5-13(8-22)10-25)12(2)26(24-11)16-4-3-14(9-23-16)18(19,20)21/h3-4,9,13H,5-8,10,22H2,1-2H3/t13-/m0/s1. The number of amides is 1. The van der Waals surface area contributed by atoms with Gasteiger partial charge in [0.2, 0.25) is 5.91 Å². The van der Waals surface area contributed by atoms with Crippen LogP contribution in [0.2, 0.25) is 0 Å². The van der Waals surface area contributed by atoms with Crippen molar-refractivity contribution in [3.63, 3.8) is 0 Å². The van der Waals surface area contributed by atoms with Gasteiger partial charge in [-0.15, -0.1) is 0 Å². The quantitative estimate of drug-likeness (QED) is 0.881. The summed E-state index contributed by atoms with van der Waals surface area (Å²) in [4.78, 5) is 18.3. The summed E-state index contributed by atoms with van der Waals surface area (Å²) in [6, 6.07) is 2.25. The van der Waals surface area contributed by atoms with Crippen molar-refractivity contribution in [1.82, 2.24) is 19.7 Å². The Morgan fingerprint density at radius 3 is 2.63 bits per heavy atom. The van der Waals surface area contributed by atoms with Gasteiger partial charge in [-0.2, -0.15) is 18.3 Å². The number of rotatable bonds is 4. The van der Waals surface area contributed by atoms with Gasteiger partial charge in [0, 0.05) is 30.5 Å². The normalized spacial score (nSPS) is 17.6. The van der Waals surface area contributed by atoms with Crippen LogP contribution in [0, 0.1) is 19.8 Å². The highest BCUT2D eigenvalue weighted by Gasteiger charge is 2.31. The van der Waals surface area contributed by atoms with Gasteiger partial charge in [-0.05, 0) is 44.9 Å². The molecule has 0 bridgehead atoms. The summed E-state index contributed by atoms with van der Waals surface area (Å²) in [5.74, 6) is 0.638. The molecular formula is C18H22F3N5O. The molecule has 27 heavy (non-hydrogen) atoms. The molecule has 0 saturated carbocycles. The van der Waals surface area contributed by atoms with Crippen LogP contribution >= 0.6 is 0 Å². The summed E-state index contributed by atoms with van der Waals surface area (Å²) in [7, 11) is 0. The van der Waals surface area contributed by atoms with Crippen molar-refractivity contribution in [2.24, 2.45) is 11.7 Å². The summed E-state index contributed by atoms with van der Waals surface area (Å²) < 4.78 is 39.6. The van der Waals surface area contributed by atoms with Crippen LogP contribution < -0.4 is 5.73 Å². The first-order valence-electron chi connectivity index (χ1n) is 8.77. The summed E-state index contributed by atoms with van der Waals surface area (Å²) >= 11 is 0. The topological polar surface area (TPSA) is 77.0 Å². The molecule has 6 nitrogen and oxygen atoms in total. The van der Waals surface area contributed by atoms with E-state index in [-0.39, 0.29) is 18.1 Å². The number of halogens is 3. The Morgan fingerprint density at radius 2 is 2.07 bits per heavy atom. The molecule has 146 valence electrons. The van der Waals surface area contributed by atoms with Gasteiger partial charge in [0.25, 0.3) is 0 Å². The van der Waals surface area contributed by atoms with Crippen molar-refractivity contribution in [2.45, 2.75) is 32.9 Å². The average Bonchev–Trinajstić information content (AvgIpc) is 3.21. The Labute approximate surface area is 155 Å². The Morgan fingerprint density at radius 1 is 1.33 bits per heavy atom. The van der Waals surface area contributed by atoms with E-state index in [1.165, 1.54) is 10.7 Å².